The van der Waals surface area contributed by atoms with Gasteiger partial charge in [0, 0.05) is 11.6 Å². The third kappa shape index (κ3) is 5.14. The van der Waals surface area contributed by atoms with E-state index in [9.17, 15) is 9.59 Å². The number of amides is 2. The fraction of sp³-hybridized carbons (Fsp3) is 0.214. The highest BCUT2D eigenvalue weighted by atomic mass is 16.5. The third-order valence-corrected chi connectivity index (χ3v) is 5.75. The lowest BCUT2D eigenvalue weighted by Gasteiger charge is -2.30. The van der Waals surface area contributed by atoms with Gasteiger partial charge in [0.2, 0.25) is 0 Å². The second-order valence-corrected chi connectivity index (χ2v) is 8.36. The van der Waals surface area contributed by atoms with E-state index in [0.717, 1.165) is 23.2 Å². The van der Waals surface area contributed by atoms with Crippen molar-refractivity contribution in [2.45, 2.75) is 39.8 Å². The number of ether oxygens (including phenoxy) is 1. The molecular weight excluding hydrogens is 412 g/mol. The SMILES string of the molecule is CCC(C)NC(=O)c1ccc(/C=C2/Oc3ccccc3N(Cc3ccc(C)cc3)C2=O)cc1. The van der Waals surface area contributed by atoms with Gasteiger partial charge in [-0.2, -0.15) is 0 Å². The van der Waals surface area contributed by atoms with E-state index < -0.39 is 0 Å². The molecule has 1 aliphatic rings. The zero-order valence-corrected chi connectivity index (χ0v) is 19.2. The highest BCUT2D eigenvalue weighted by molar-refractivity contribution is 6.09. The van der Waals surface area contributed by atoms with E-state index in [-0.39, 0.29) is 23.6 Å². The van der Waals surface area contributed by atoms with E-state index in [0.29, 0.717) is 17.9 Å². The molecule has 5 heteroatoms. The smallest absolute Gasteiger partial charge is 0.294 e. The van der Waals surface area contributed by atoms with Crippen LogP contribution in [0.5, 0.6) is 5.75 Å². The first kappa shape index (κ1) is 22.3. The summed E-state index contributed by atoms with van der Waals surface area (Å²) >= 11 is 0. The molecule has 0 saturated heterocycles. The van der Waals surface area contributed by atoms with Gasteiger partial charge in [-0.05, 0) is 61.7 Å². The standard InChI is InChI=1S/C28H28N2O3/c1-4-20(3)29-27(31)23-15-13-21(14-16-23)17-26-28(32)30(18-22-11-9-19(2)10-12-22)24-7-5-6-8-25(24)33-26/h5-17,20H,4,18H2,1-3H3,(H,29,31)/b26-17+. The predicted molar refractivity (Wildman–Crippen MR) is 131 cm³/mol. The average molecular weight is 441 g/mol. The van der Waals surface area contributed by atoms with Crippen molar-refractivity contribution in [3.63, 3.8) is 0 Å². The maximum atomic E-state index is 13.4. The largest absolute Gasteiger partial charge is 0.449 e. The van der Waals surface area contributed by atoms with Crippen molar-refractivity contribution in [2.75, 3.05) is 4.90 Å². The number of nitrogens with zero attached hydrogens (tertiary/aromatic N) is 1. The number of para-hydroxylation sites is 2. The maximum Gasteiger partial charge on any atom is 0.294 e. The second kappa shape index (κ2) is 9.74. The maximum absolute atomic E-state index is 13.4. The van der Waals surface area contributed by atoms with Crippen LogP contribution in [0.3, 0.4) is 0 Å². The molecule has 1 heterocycles. The zero-order chi connectivity index (χ0) is 23.4. The number of carbonyl (C=O) groups excluding carboxylic acids is 2. The van der Waals surface area contributed by atoms with Gasteiger partial charge < -0.3 is 10.1 Å². The second-order valence-electron chi connectivity index (χ2n) is 8.36. The Labute approximate surface area is 194 Å². The number of hydrogen-bond donors (Lipinski definition) is 1. The number of carbonyl (C=O) groups is 2. The molecule has 0 aliphatic carbocycles. The Hall–Kier alpha value is -3.86. The van der Waals surface area contributed by atoms with Crippen LogP contribution in [0.25, 0.3) is 6.08 Å². The highest BCUT2D eigenvalue weighted by Gasteiger charge is 2.30. The van der Waals surface area contributed by atoms with E-state index in [2.05, 4.69) is 5.32 Å². The molecule has 0 saturated carbocycles. The minimum Gasteiger partial charge on any atom is -0.449 e. The van der Waals surface area contributed by atoms with Crippen LogP contribution in [0.2, 0.25) is 0 Å². The molecule has 0 spiro atoms. The molecule has 33 heavy (non-hydrogen) atoms. The topological polar surface area (TPSA) is 58.6 Å². The predicted octanol–water partition coefficient (Wildman–Crippen LogP) is 5.49. The molecule has 3 aromatic rings. The first-order chi connectivity index (χ1) is 15.9. The van der Waals surface area contributed by atoms with Crippen molar-refractivity contribution in [1.82, 2.24) is 5.32 Å². The van der Waals surface area contributed by atoms with Crippen molar-refractivity contribution in [3.8, 4) is 5.75 Å². The summed E-state index contributed by atoms with van der Waals surface area (Å²) in [6.45, 7) is 6.50. The minimum absolute atomic E-state index is 0.105. The van der Waals surface area contributed by atoms with Crippen molar-refractivity contribution in [3.05, 3.63) is 101 Å². The summed E-state index contributed by atoms with van der Waals surface area (Å²) in [5.74, 6) is 0.581. The van der Waals surface area contributed by atoms with Crippen LogP contribution in [0.15, 0.2) is 78.6 Å². The van der Waals surface area contributed by atoms with Crippen LogP contribution >= 0.6 is 0 Å². The van der Waals surface area contributed by atoms with E-state index in [4.69, 9.17) is 4.74 Å². The fourth-order valence-corrected chi connectivity index (χ4v) is 3.59. The highest BCUT2D eigenvalue weighted by Crippen LogP contribution is 2.36. The Bertz CT molecular complexity index is 1180. The molecule has 168 valence electrons. The van der Waals surface area contributed by atoms with E-state index in [1.165, 1.54) is 5.56 Å². The number of rotatable bonds is 6. The number of anilines is 1. The van der Waals surface area contributed by atoms with Gasteiger partial charge in [0.15, 0.2) is 11.5 Å². The van der Waals surface area contributed by atoms with Crippen LogP contribution in [0.4, 0.5) is 5.69 Å². The Morgan fingerprint density at radius 3 is 2.42 bits per heavy atom. The third-order valence-electron chi connectivity index (χ3n) is 5.75. The minimum atomic E-state index is -0.201. The molecule has 1 aliphatic heterocycles. The van der Waals surface area contributed by atoms with Crippen LogP contribution in [-0.2, 0) is 11.3 Å². The summed E-state index contributed by atoms with van der Waals surface area (Å²) in [6.07, 6.45) is 2.59. The average Bonchev–Trinajstić information content (AvgIpc) is 2.83. The van der Waals surface area contributed by atoms with Crippen LogP contribution in [0.1, 0.15) is 47.3 Å². The van der Waals surface area contributed by atoms with E-state index >= 15 is 0 Å². The van der Waals surface area contributed by atoms with Gasteiger partial charge in [0.05, 0.1) is 12.2 Å². The lowest BCUT2D eigenvalue weighted by atomic mass is 10.1. The van der Waals surface area contributed by atoms with Crippen LogP contribution in [-0.4, -0.2) is 17.9 Å². The Balaban J connectivity index is 1.59. The van der Waals surface area contributed by atoms with Crippen molar-refractivity contribution < 1.29 is 14.3 Å². The number of aryl methyl sites for hydroxylation is 1. The molecule has 1 N–H and O–H groups in total. The Morgan fingerprint density at radius 1 is 1.03 bits per heavy atom. The first-order valence-electron chi connectivity index (χ1n) is 11.2. The summed E-state index contributed by atoms with van der Waals surface area (Å²) in [5.41, 5.74) is 4.33. The number of fused-ring (bicyclic) bond motifs is 1. The van der Waals surface area contributed by atoms with Crippen molar-refractivity contribution in [1.29, 1.82) is 0 Å². The number of benzene rings is 3. The van der Waals surface area contributed by atoms with Crippen molar-refractivity contribution in [2.24, 2.45) is 0 Å². The van der Waals surface area contributed by atoms with Gasteiger partial charge in [-0.15, -0.1) is 0 Å². The summed E-state index contributed by atoms with van der Waals surface area (Å²) in [5, 5.41) is 2.96. The van der Waals surface area contributed by atoms with Gasteiger partial charge in [0.1, 0.15) is 0 Å². The van der Waals surface area contributed by atoms with Gasteiger partial charge in [-0.3, -0.25) is 14.5 Å². The fourth-order valence-electron chi connectivity index (χ4n) is 3.59. The summed E-state index contributed by atoms with van der Waals surface area (Å²) < 4.78 is 5.97. The monoisotopic (exact) mass is 440 g/mol. The molecule has 0 radical (unpaired) electrons. The normalized spacial score (nSPS) is 15.1. The van der Waals surface area contributed by atoms with E-state index in [1.807, 2.05) is 81.4 Å². The molecule has 0 aromatic heterocycles. The van der Waals surface area contributed by atoms with Gasteiger partial charge in [-0.1, -0.05) is 61.0 Å². The molecule has 0 fully saturated rings. The Morgan fingerprint density at radius 2 is 1.73 bits per heavy atom. The quantitative estimate of drug-likeness (QED) is 0.516. The number of hydrogen-bond acceptors (Lipinski definition) is 3. The molecule has 1 atom stereocenters. The number of nitrogens with one attached hydrogen (secondary N) is 1. The lowest BCUT2D eigenvalue weighted by Crippen LogP contribution is -2.36. The molecule has 1 unspecified atom stereocenters. The zero-order valence-electron chi connectivity index (χ0n) is 19.2. The van der Waals surface area contributed by atoms with E-state index in [1.54, 1.807) is 23.1 Å². The first-order valence-corrected chi connectivity index (χ1v) is 11.2. The van der Waals surface area contributed by atoms with Gasteiger partial charge in [-0.25, -0.2) is 0 Å². The van der Waals surface area contributed by atoms with Gasteiger partial charge >= 0.3 is 0 Å². The molecule has 2 amide bonds. The molecule has 5 nitrogen and oxygen atoms in total. The summed E-state index contributed by atoms with van der Waals surface area (Å²) in [7, 11) is 0. The van der Waals surface area contributed by atoms with Crippen LogP contribution < -0.4 is 15.0 Å². The Kier molecular flexibility index (Phi) is 6.59. The summed E-state index contributed by atoms with van der Waals surface area (Å²) in [6, 6.07) is 23.0. The van der Waals surface area contributed by atoms with Crippen LogP contribution in [0, 0.1) is 6.92 Å². The van der Waals surface area contributed by atoms with Gasteiger partial charge in [0.25, 0.3) is 11.8 Å². The molecule has 4 rings (SSSR count). The molecule has 3 aromatic carbocycles. The summed E-state index contributed by atoms with van der Waals surface area (Å²) in [4.78, 5) is 27.4. The lowest BCUT2D eigenvalue weighted by molar-refractivity contribution is -0.117. The molecular formula is C28H28N2O3. The van der Waals surface area contributed by atoms with Crippen molar-refractivity contribution >= 4 is 23.6 Å². The molecule has 0 bridgehead atoms.